The molecule has 2 unspecified atom stereocenters. The predicted molar refractivity (Wildman–Crippen MR) is 97.4 cm³/mol. The Labute approximate surface area is 144 Å². The van der Waals surface area contributed by atoms with Crippen molar-refractivity contribution < 1.29 is 4.74 Å². The molecule has 2 atom stereocenters. The van der Waals surface area contributed by atoms with Crippen LogP contribution in [0.1, 0.15) is 42.9 Å². The van der Waals surface area contributed by atoms with Crippen molar-refractivity contribution in [1.82, 2.24) is 5.32 Å². The normalized spacial score (nSPS) is 18.9. The minimum atomic E-state index is 0.436. The van der Waals surface area contributed by atoms with Crippen LogP contribution in [0.15, 0.2) is 35.7 Å². The van der Waals surface area contributed by atoms with Gasteiger partial charge in [0.2, 0.25) is 0 Å². The van der Waals surface area contributed by atoms with Crippen LogP contribution in [0.5, 0.6) is 5.75 Å². The van der Waals surface area contributed by atoms with E-state index in [1.165, 1.54) is 14.0 Å². The van der Waals surface area contributed by atoms with E-state index in [0.29, 0.717) is 12.0 Å². The highest BCUT2D eigenvalue weighted by molar-refractivity contribution is 14.1. The van der Waals surface area contributed by atoms with E-state index in [1.807, 2.05) is 11.3 Å². The molecule has 0 radical (unpaired) electrons. The first kappa shape index (κ1) is 15.3. The van der Waals surface area contributed by atoms with E-state index in [0.717, 1.165) is 31.7 Å². The highest BCUT2D eigenvalue weighted by atomic mass is 127. The Balaban J connectivity index is 1.80. The molecule has 21 heavy (non-hydrogen) atoms. The highest BCUT2D eigenvalue weighted by Gasteiger charge is 2.25. The van der Waals surface area contributed by atoms with Crippen LogP contribution in [-0.2, 0) is 0 Å². The standard InChI is InChI=1S/C17H20INOS/c1-2-19-15(13-10-17(18)21-11-13)9-12-7-8-20-16-6-4-3-5-14(12)16/h3-6,10-12,15,19H,2,7-9H2,1H3. The lowest BCUT2D eigenvalue weighted by molar-refractivity contribution is 0.255. The summed E-state index contributed by atoms with van der Waals surface area (Å²) in [4.78, 5) is 0. The number of para-hydroxylation sites is 1. The van der Waals surface area contributed by atoms with Gasteiger partial charge in [-0.3, -0.25) is 0 Å². The van der Waals surface area contributed by atoms with E-state index >= 15 is 0 Å². The van der Waals surface area contributed by atoms with Crippen molar-refractivity contribution in [2.24, 2.45) is 0 Å². The van der Waals surface area contributed by atoms with Crippen molar-refractivity contribution in [3.63, 3.8) is 0 Å². The first-order valence-corrected chi connectivity index (χ1v) is 9.42. The molecule has 0 spiro atoms. The van der Waals surface area contributed by atoms with Crippen LogP contribution in [0, 0.1) is 2.88 Å². The van der Waals surface area contributed by atoms with Crippen molar-refractivity contribution in [2.45, 2.75) is 31.7 Å². The molecule has 0 amide bonds. The second-order valence-corrected chi connectivity index (χ2v) is 8.21. The molecule has 0 saturated carbocycles. The highest BCUT2D eigenvalue weighted by Crippen LogP contribution is 2.39. The van der Waals surface area contributed by atoms with Crippen molar-refractivity contribution >= 4 is 33.9 Å². The van der Waals surface area contributed by atoms with Gasteiger partial charge < -0.3 is 10.1 Å². The second kappa shape index (κ2) is 7.11. The number of thiophene rings is 1. The molecule has 1 aliphatic heterocycles. The Morgan fingerprint density at radius 2 is 2.29 bits per heavy atom. The molecule has 2 heterocycles. The van der Waals surface area contributed by atoms with E-state index in [4.69, 9.17) is 4.74 Å². The fourth-order valence-electron chi connectivity index (χ4n) is 3.04. The van der Waals surface area contributed by atoms with E-state index in [-0.39, 0.29) is 0 Å². The van der Waals surface area contributed by atoms with Crippen LogP contribution in [0.4, 0.5) is 0 Å². The first-order valence-electron chi connectivity index (χ1n) is 7.47. The monoisotopic (exact) mass is 413 g/mol. The maximum Gasteiger partial charge on any atom is 0.122 e. The summed E-state index contributed by atoms with van der Waals surface area (Å²) in [5.74, 6) is 1.65. The van der Waals surface area contributed by atoms with Crippen LogP contribution in [0.25, 0.3) is 0 Å². The van der Waals surface area contributed by atoms with Gasteiger partial charge in [-0.1, -0.05) is 25.1 Å². The minimum absolute atomic E-state index is 0.436. The van der Waals surface area contributed by atoms with Crippen molar-refractivity contribution in [3.05, 3.63) is 49.7 Å². The number of rotatable bonds is 5. The molecular weight excluding hydrogens is 393 g/mol. The third-order valence-electron chi connectivity index (χ3n) is 4.04. The van der Waals surface area contributed by atoms with Crippen LogP contribution in [0.3, 0.4) is 0 Å². The fraction of sp³-hybridized carbons (Fsp3) is 0.412. The molecule has 0 fully saturated rings. The molecule has 2 aromatic rings. The van der Waals surface area contributed by atoms with Gasteiger partial charge in [-0.2, -0.15) is 0 Å². The van der Waals surface area contributed by atoms with Gasteiger partial charge in [-0.25, -0.2) is 0 Å². The third-order valence-corrected chi connectivity index (χ3v) is 5.85. The summed E-state index contributed by atoms with van der Waals surface area (Å²) in [6, 6.07) is 11.2. The van der Waals surface area contributed by atoms with E-state index in [2.05, 4.69) is 70.5 Å². The lowest BCUT2D eigenvalue weighted by Gasteiger charge is -2.29. The molecule has 1 aromatic heterocycles. The molecule has 1 aromatic carbocycles. The smallest absolute Gasteiger partial charge is 0.122 e. The maximum atomic E-state index is 5.79. The summed E-state index contributed by atoms with van der Waals surface area (Å²) in [6.07, 6.45) is 2.25. The Kier molecular flexibility index (Phi) is 5.19. The van der Waals surface area contributed by atoms with Gasteiger partial charge in [0.25, 0.3) is 0 Å². The topological polar surface area (TPSA) is 21.3 Å². The number of fused-ring (bicyclic) bond motifs is 1. The molecule has 1 aliphatic rings. The van der Waals surface area contributed by atoms with Crippen molar-refractivity contribution in [1.29, 1.82) is 0 Å². The zero-order valence-electron chi connectivity index (χ0n) is 12.1. The summed E-state index contributed by atoms with van der Waals surface area (Å²) in [5.41, 5.74) is 2.80. The Bertz CT molecular complexity index is 598. The predicted octanol–water partition coefficient (Wildman–Crippen LogP) is 4.96. The van der Waals surface area contributed by atoms with Gasteiger partial charge in [0, 0.05) is 6.04 Å². The average Bonchev–Trinajstić information content (AvgIpc) is 2.94. The van der Waals surface area contributed by atoms with E-state index in [9.17, 15) is 0 Å². The summed E-state index contributed by atoms with van der Waals surface area (Å²) in [6.45, 7) is 4.02. The van der Waals surface area contributed by atoms with Crippen LogP contribution < -0.4 is 10.1 Å². The van der Waals surface area contributed by atoms with Gasteiger partial charge >= 0.3 is 0 Å². The summed E-state index contributed by atoms with van der Waals surface area (Å²) in [7, 11) is 0. The minimum Gasteiger partial charge on any atom is -0.493 e. The molecule has 0 saturated heterocycles. The lowest BCUT2D eigenvalue weighted by Crippen LogP contribution is -2.24. The molecule has 1 N–H and O–H groups in total. The van der Waals surface area contributed by atoms with E-state index < -0.39 is 0 Å². The summed E-state index contributed by atoms with van der Waals surface area (Å²) >= 11 is 4.23. The molecule has 3 rings (SSSR count). The van der Waals surface area contributed by atoms with Gasteiger partial charge in [0.15, 0.2) is 0 Å². The first-order chi connectivity index (χ1) is 10.3. The Hall–Kier alpha value is -0.590. The van der Waals surface area contributed by atoms with Gasteiger partial charge in [-0.05, 0) is 76.5 Å². The Morgan fingerprint density at radius 1 is 1.43 bits per heavy atom. The number of benzene rings is 1. The SMILES string of the molecule is CCNC(CC1CCOc2ccccc21)c1csc(I)c1. The number of hydrogen-bond donors (Lipinski definition) is 1. The van der Waals surface area contributed by atoms with Crippen molar-refractivity contribution in [3.8, 4) is 5.75 Å². The average molecular weight is 413 g/mol. The second-order valence-electron chi connectivity index (χ2n) is 5.40. The molecular formula is C17H20INOS. The Morgan fingerprint density at radius 3 is 3.05 bits per heavy atom. The van der Waals surface area contributed by atoms with Crippen LogP contribution in [0.2, 0.25) is 0 Å². The number of nitrogens with one attached hydrogen (secondary N) is 1. The number of halogens is 1. The third kappa shape index (κ3) is 3.60. The number of ether oxygens (including phenoxy) is 1. The van der Waals surface area contributed by atoms with Gasteiger partial charge in [-0.15, -0.1) is 11.3 Å². The quantitative estimate of drug-likeness (QED) is 0.700. The summed E-state index contributed by atoms with van der Waals surface area (Å²) < 4.78 is 7.14. The molecule has 2 nitrogen and oxygen atoms in total. The van der Waals surface area contributed by atoms with Crippen LogP contribution in [-0.4, -0.2) is 13.2 Å². The van der Waals surface area contributed by atoms with E-state index in [1.54, 1.807) is 0 Å². The molecule has 0 aliphatic carbocycles. The fourth-order valence-corrected chi connectivity index (χ4v) is 4.46. The summed E-state index contributed by atoms with van der Waals surface area (Å²) in [5, 5.41) is 5.94. The molecule has 112 valence electrons. The zero-order chi connectivity index (χ0) is 14.7. The van der Waals surface area contributed by atoms with Crippen molar-refractivity contribution in [2.75, 3.05) is 13.2 Å². The van der Waals surface area contributed by atoms with Gasteiger partial charge in [0.1, 0.15) is 5.75 Å². The van der Waals surface area contributed by atoms with Crippen LogP contribution >= 0.6 is 33.9 Å². The largest absolute Gasteiger partial charge is 0.493 e. The lowest BCUT2D eigenvalue weighted by atomic mass is 9.86. The molecule has 4 heteroatoms. The zero-order valence-corrected chi connectivity index (χ0v) is 15.1. The number of hydrogen-bond acceptors (Lipinski definition) is 3. The van der Waals surface area contributed by atoms with Gasteiger partial charge in [0.05, 0.1) is 9.49 Å². The molecule has 0 bridgehead atoms. The maximum absolute atomic E-state index is 5.79.